The lowest BCUT2D eigenvalue weighted by atomic mass is 9.92. The number of rotatable bonds is 19. The maximum atomic E-state index is 13.9. The number of carbonyl (C=O) groups excluding carboxylic acids is 2. The van der Waals surface area contributed by atoms with Crippen LogP contribution >= 0.6 is 11.3 Å². The lowest BCUT2D eigenvalue weighted by Gasteiger charge is -2.38. The van der Waals surface area contributed by atoms with E-state index in [-0.39, 0.29) is 42.7 Å². The summed E-state index contributed by atoms with van der Waals surface area (Å²) in [5, 5.41) is 15.4. The molecule has 10 nitrogen and oxygen atoms in total. The zero-order valence-corrected chi connectivity index (χ0v) is 24.2. The number of esters is 1. The summed E-state index contributed by atoms with van der Waals surface area (Å²) in [6, 6.07) is -1.08. The van der Waals surface area contributed by atoms with Gasteiger partial charge in [0.25, 0.3) is 0 Å². The van der Waals surface area contributed by atoms with E-state index in [2.05, 4.69) is 20.9 Å². The van der Waals surface area contributed by atoms with Crippen molar-refractivity contribution in [2.45, 2.75) is 91.3 Å². The van der Waals surface area contributed by atoms with Gasteiger partial charge in [-0.1, -0.05) is 39.2 Å². The van der Waals surface area contributed by atoms with Gasteiger partial charge in [0.15, 0.2) is 5.69 Å². The Hall–Kier alpha value is -2.64. The minimum Gasteiger partial charge on any atom is -0.461 e. The lowest BCUT2D eigenvalue weighted by Crippen LogP contribution is -2.49. The van der Waals surface area contributed by atoms with E-state index in [4.69, 9.17) is 15.9 Å². The van der Waals surface area contributed by atoms with Gasteiger partial charge in [-0.15, -0.1) is 23.7 Å². The average molecular weight is 550 g/mol. The van der Waals surface area contributed by atoms with E-state index < -0.39 is 18.1 Å². The summed E-state index contributed by atoms with van der Waals surface area (Å²) < 4.78 is 11.2. The molecule has 0 aliphatic rings. The van der Waals surface area contributed by atoms with E-state index in [0.717, 1.165) is 6.42 Å². The summed E-state index contributed by atoms with van der Waals surface area (Å²) in [6.07, 6.45) is 8.57. The smallest absolute Gasteiger partial charge is 0.357 e. The minimum atomic E-state index is -0.817. The Kier molecular flexibility index (Phi) is 16.3. The highest BCUT2D eigenvalue weighted by Gasteiger charge is 2.35. The van der Waals surface area contributed by atoms with Gasteiger partial charge in [0, 0.05) is 48.9 Å². The number of thiazole rings is 1. The monoisotopic (exact) mass is 549 g/mol. The second-order valence-electron chi connectivity index (χ2n) is 9.50. The Labute approximate surface area is 230 Å². The molecule has 1 aromatic rings. The van der Waals surface area contributed by atoms with Crippen molar-refractivity contribution >= 4 is 23.2 Å². The molecule has 0 fully saturated rings. The van der Waals surface area contributed by atoms with E-state index in [1.165, 1.54) is 11.3 Å². The van der Waals surface area contributed by atoms with Gasteiger partial charge in [-0.3, -0.25) is 4.79 Å². The highest BCUT2D eigenvalue weighted by Crippen LogP contribution is 2.32. The minimum absolute atomic E-state index is 0.0190. The predicted octanol–water partition coefficient (Wildman–Crippen LogP) is 5.53. The second-order valence-corrected chi connectivity index (χ2v) is 10.4. The van der Waals surface area contributed by atoms with Crippen molar-refractivity contribution in [1.29, 1.82) is 0 Å². The van der Waals surface area contributed by atoms with Gasteiger partial charge in [-0.05, 0) is 43.6 Å². The van der Waals surface area contributed by atoms with Gasteiger partial charge < -0.3 is 19.5 Å². The van der Waals surface area contributed by atoms with Gasteiger partial charge in [-0.2, -0.15) is 0 Å². The summed E-state index contributed by atoms with van der Waals surface area (Å²) in [6.45, 7) is 10.7. The van der Waals surface area contributed by atoms with Crippen molar-refractivity contribution in [1.82, 2.24) is 9.88 Å². The first-order chi connectivity index (χ1) is 18.2. The highest BCUT2D eigenvalue weighted by molar-refractivity contribution is 7.09. The van der Waals surface area contributed by atoms with Gasteiger partial charge in [0.1, 0.15) is 17.2 Å². The number of ether oxygens (including phenoxy) is 2. The fraction of sp³-hybridized carbons (Fsp3) is 0.741. The van der Waals surface area contributed by atoms with Gasteiger partial charge in [0.05, 0.1) is 6.61 Å². The molecule has 0 aliphatic heterocycles. The zero-order valence-electron chi connectivity index (χ0n) is 23.3. The largest absolute Gasteiger partial charge is 0.461 e. The lowest BCUT2D eigenvalue weighted by molar-refractivity contribution is -0.138. The first-order valence-corrected chi connectivity index (χ1v) is 14.3. The van der Waals surface area contributed by atoms with Crippen LogP contribution in [-0.2, 0) is 14.3 Å². The summed E-state index contributed by atoms with van der Waals surface area (Å²) in [4.78, 5) is 35.3. The number of amides is 1. The molecule has 4 atom stereocenters. The van der Waals surface area contributed by atoms with Gasteiger partial charge in [-0.25, -0.2) is 9.78 Å². The molecule has 1 heterocycles. The molecule has 38 heavy (non-hydrogen) atoms. The highest BCUT2D eigenvalue weighted by atomic mass is 32.1. The third-order valence-electron chi connectivity index (χ3n) is 6.39. The van der Waals surface area contributed by atoms with E-state index in [9.17, 15) is 20.2 Å². The number of terminal acetylenes is 1. The normalized spacial score (nSPS) is 14.2. The number of hydrogen-bond donors (Lipinski definition) is 1. The van der Waals surface area contributed by atoms with Crippen LogP contribution in [0.25, 0.3) is 10.4 Å². The van der Waals surface area contributed by atoms with Crippen molar-refractivity contribution < 1.29 is 24.2 Å². The first kappa shape index (κ1) is 33.4. The van der Waals surface area contributed by atoms with E-state index >= 15 is 0 Å². The molecule has 212 valence electrons. The average Bonchev–Trinajstić information content (AvgIpc) is 3.39. The van der Waals surface area contributed by atoms with Crippen LogP contribution in [0.3, 0.4) is 0 Å². The van der Waals surface area contributed by atoms with E-state index in [1.54, 1.807) is 12.3 Å². The third kappa shape index (κ3) is 10.6. The molecule has 1 aromatic heterocycles. The zero-order chi connectivity index (χ0) is 28.5. The van der Waals surface area contributed by atoms with Crippen LogP contribution in [0.15, 0.2) is 10.5 Å². The molecule has 1 rings (SSSR count). The number of nitrogens with zero attached hydrogens (tertiary/aromatic N) is 5. The second kappa shape index (κ2) is 18.6. The maximum absolute atomic E-state index is 13.9. The quantitative estimate of drug-likeness (QED) is 0.0601. The molecule has 1 amide bonds. The van der Waals surface area contributed by atoms with Crippen molar-refractivity contribution in [3.63, 3.8) is 0 Å². The van der Waals surface area contributed by atoms with Gasteiger partial charge in [0.2, 0.25) is 5.91 Å². The Balaban J connectivity index is 3.39. The van der Waals surface area contributed by atoms with Crippen molar-refractivity contribution in [3.05, 3.63) is 26.5 Å². The maximum Gasteiger partial charge on any atom is 0.357 e. The SMILES string of the molecule is C#CCCCCN(C(=O)C(N=[N+]=[N-])[C@@H](C)CC)[C@H](C[C@@H](OCCCO)c1nc(C(=O)OCC)cs1)C(C)C. The number of aliphatic hydroxyl groups excluding tert-OH is 1. The summed E-state index contributed by atoms with van der Waals surface area (Å²) in [7, 11) is 0. The first-order valence-electron chi connectivity index (χ1n) is 13.4. The molecule has 0 radical (unpaired) electrons. The molecule has 0 spiro atoms. The predicted molar refractivity (Wildman–Crippen MR) is 148 cm³/mol. The topological polar surface area (TPSA) is 138 Å². The summed E-state index contributed by atoms with van der Waals surface area (Å²) in [5.41, 5.74) is 9.40. The number of aliphatic hydroxyl groups is 1. The van der Waals surface area contributed by atoms with Crippen LogP contribution in [0.2, 0.25) is 0 Å². The Bertz CT molecular complexity index is 941. The molecule has 1 unspecified atom stereocenters. The van der Waals surface area contributed by atoms with Crippen LogP contribution in [0, 0.1) is 24.2 Å². The fourth-order valence-electron chi connectivity index (χ4n) is 4.05. The number of aromatic nitrogens is 1. The van der Waals surface area contributed by atoms with Crippen molar-refractivity contribution in [3.8, 4) is 12.3 Å². The molecule has 0 bridgehead atoms. The molecular formula is C27H43N5O5S. The molecule has 0 aromatic carbocycles. The standard InChI is InChI=1S/C27H43N5O5S/c1-7-10-11-12-14-32(26(34)24(30-31-28)20(6)8-2)22(19(4)5)17-23(37-16-13-15-33)25-29-21(18-38-25)27(35)36-9-3/h1,18-20,22-24,33H,8-17H2,2-6H3/t20-,22+,23+,24?/m0/s1. The van der Waals surface area contributed by atoms with E-state index in [1.807, 2.05) is 32.6 Å². The Morgan fingerprint density at radius 1 is 1.29 bits per heavy atom. The van der Waals surface area contributed by atoms with Crippen molar-refractivity contribution in [2.24, 2.45) is 17.0 Å². The Morgan fingerprint density at radius 2 is 2.03 bits per heavy atom. The Morgan fingerprint density at radius 3 is 2.61 bits per heavy atom. The molecule has 1 N–H and O–H groups in total. The van der Waals surface area contributed by atoms with E-state index in [0.29, 0.717) is 50.3 Å². The van der Waals surface area contributed by atoms with Crippen LogP contribution in [-0.4, -0.2) is 65.3 Å². The van der Waals surface area contributed by atoms with Gasteiger partial charge >= 0.3 is 5.97 Å². The molecule has 0 saturated carbocycles. The summed E-state index contributed by atoms with van der Waals surface area (Å²) >= 11 is 1.30. The number of carbonyl (C=O) groups is 2. The van der Waals surface area contributed by atoms with Crippen molar-refractivity contribution in [2.75, 3.05) is 26.4 Å². The number of hydrogen-bond acceptors (Lipinski definition) is 8. The summed E-state index contributed by atoms with van der Waals surface area (Å²) in [5.74, 6) is 1.85. The molecular weight excluding hydrogens is 506 g/mol. The van der Waals surface area contributed by atoms with Crippen LogP contribution in [0.5, 0.6) is 0 Å². The fourth-order valence-corrected chi connectivity index (χ4v) is 4.90. The van der Waals surface area contributed by atoms with Crippen LogP contribution in [0.4, 0.5) is 0 Å². The molecule has 11 heteroatoms. The molecule has 0 saturated heterocycles. The van der Waals surface area contributed by atoms with Crippen LogP contribution < -0.4 is 0 Å². The number of unbranched alkanes of at least 4 members (excludes halogenated alkanes) is 2. The third-order valence-corrected chi connectivity index (χ3v) is 7.33. The molecule has 0 aliphatic carbocycles. The number of azide groups is 1. The van der Waals surface area contributed by atoms with Crippen LogP contribution in [0.1, 0.15) is 94.7 Å².